The Morgan fingerprint density at radius 1 is 1.19 bits per heavy atom. The summed E-state index contributed by atoms with van der Waals surface area (Å²) in [5.74, 6) is 0. The van der Waals surface area contributed by atoms with Gasteiger partial charge in [0.15, 0.2) is 0 Å². The number of H-pyrrole nitrogens is 1. The van der Waals surface area contributed by atoms with E-state index in [4.69, 9.17) is 17.1 Å². The molecule has 136 valence electrons. The van der Waals surface area contributed by atoms with Crippen LogP contribution >= 0.6 is 27.5 Å². The van der Waals surface area contributed by atoms with E-state index in [-0.39, 0.29) is 11.6 Å². The highest BCUT2D eigenvalue weighted by Gasteiger charge is 2.20. The first-order valence-corrected chi connectivity index (χ1v) is 9.93. The van der Waals surface area contributed by atoms with Crippen molar-refractivity contribution in [2.75, 3.05) is 0 Å². The predicted molar refractivity (Wildman–Crippen MR) is 106 cm³/mol. The van der Waals surface area contributed by atoms with Gasteiger partial charge in [0, 0.05) is 16.7 Å². The van der Waals surface area contributed by atoms with Crippen LogP contribution in [0.25, 0.3) is 10.4 Å². The van der Waals surface area contributed by atoms with Gasteiger partial charge < -0.3 is 4.98 Å². The molecule has 6 nitrogen and oxygen atoms in total. The van der Waals surface area contributed by atoms with E-state index in [0.29, 0.717) is 9.98 Å². The van der Waals surface area contributed by atoms with Crippen molar-refractivity contribution in [1.29, 1.82) is 0 Å². The molecule has 8 heteroatoms. The molecule has 0 spiro atoms. The second-order valence-corrected chi connectivity index (χ2v) is 7.91. The Balaban J connectivity index is 0.000000152. The molecule has 0 radical (unpaired) electrons. The van der Waals surface area contributed by atoms with E-state index in [1.54, 1.807) is 12.1 Å². The second-order valence-electron chi connectivity index (χ2n) is 6.41. The molecule has 26 heavy (non-hydrogen) atoms. The average Bonchev–Trinajstić information content (AvgIpc) is 2.64. The number of hydrogen-bond acceptors (Lipinski definition) is 3. The van der Waals surface area contributed by atoms with Crippen molar-refractivity contribution in [3.8, 4) is 0 Å². The highest BCUT2D eigenvalue weighted by molar-refractivity contribution is 9.09. The van der Waals surface area contributed by atoms with Gasteiger partial charge in [-0.15, -0.1) is 0 Å². The number of nitrogens with zero attached hydrogens (tertiary/aromatic N) is 4. The Bertz CT molecular complexity index is 893. The summed E-state index contributed by atoms with van der Waals surface area (Å²) in [6.07, 6.45) is 6.32. The molecule has 4 rings (SSSR count). The number of alkyl halides is 1. The molecule has 2 unspecified atom stereocenters. The smallest absolute Gasteiger partial charge is 0.248 e. The number of hydrogen-bond donors (Lipinski definition) is 1. The first-order chi connectivity index (χ1) is 12.6. The molecule has 0 bridgehead atoms. The lowest BCUT2D eigenvalue weighted by Crippen LogP contribution is -2.14. The standard InChI is InChI=1S/C9H10BrNO.C9H9ClN4/c10-7-3-1-2-6-4-5-8(12)11-9(6)7;10-8-5-4-6-2-1-3-7(13-14-11)9(6)12-8/h4-5,7H,1-3H2,(H,11,12);4-5,7H,1-3H2. The van der Waals surface area contributed by atoms with E-state index in [1.807, 2.05) is 12.1 Å². The molecule has 0 fully saturated rings. The van der Waals surface area contributed by atoms with Crippen LogP contribution in [0.4, 0.5) is 0 Å². The van der Waals surface area contributed by atoms with Gasteiger partial charge in [-0.25, -0.2) is 4.98 Å². The summed E-state index contributed by atoms with van der Waals surface area (Å²) < 4.78 is 0. The molecule has 2 aromatic heterocycles. The number of pyridine rings is 2. The monoisotopic (exact) mass is 435 g/mol. The van der Waals surface area contributed by atoms with Gasteiger partial charge in [0.2, 0.25) is 5.56 Å². The zero-order valence-corrected chi connectivity index (χ0v) is 16.5. The van der Waals surface area contributed by atoms with Gasteiger partial charge in [-0.3, -0.25) is 4.79 Å². The summed E-state index contributed by atoms with van der Waals surface area (Å²) in [7, 11) is 0. The third-order valence-corrected chi connectivity index (χ3v) is 5.79. The fourth-order valence-electron chi connectivity index (χ4n) is 3.41. The van der Waals surface area contributed by atoms with Gasteiger partial charge in [-0.1, -0.05) is 44.8 Å². The summed E-state index contributed by atoms with van der Waals surface area (Å²) in [5.41, 5.74) is 12.8. The molecular formula is C18H19BrClN5O. The van der Waals surface area contributed by atoms with Crippen molar-refractivity contribution in [1.82, 2.24) is 9.97 Å². The van der Waals surface area contributed by atoms with E-state index in [1.165, 1.54) is 12.0 Å². The number of rotatable bonds is 1. The molecule has 0 aromatic carbocycles. The van der Waals surface area contributed by atoms with Crippen LogP contribution in [-0.4, -0.2) is 9.97 Å². The number of aromatic amines is 1. The number of fused-ring (bicyclic) bond motifs is 2. The minimum absolute atomic E-state index is 0.0000926. The summed E-state index contributed by atoms with van der Waals surface area (Å²) in [4.78, 5) is 21.3. The van der Waals surface area contributed by atoms with Crippen molar-refractivity contribution in [2.24, 2.45) is 5.11 Å². The minimum Gasteiger partial charge on any atom is -0.325 e. The summed E-state index contributed by atoms with van der Waals surface area (Å²) in [6.45, 7) is 0. The molecule has 2 atom stereocenters. The topological polar surface area (TPSA) is 94.5 Å². The number of azide groups is 1. The van der Waals surface area contributed by atoms with E-state index >= 15 is 0 Å². The Morgan fingerprint density at radius 2 is 1.92 bits per heavy atom. The van der Waals surface area contributed by atoms with Gasteiger partial charge in [0.1, 0.15) is 5.15 Å². The zero-order valence-electron chi connectivity index (χ0n) is 14.2. The Morgan fingerprint density at radius 3 is 2.73 bits per heavy atom. The van der Waals surface area contributed by atoms with Crippen LogP contribution in [0.1, 0.15) is 59.1 Å². The molecule has 2 aromatic rings. The quantitative estimate of drug-likeness (QED) is 0.208. The van der Waals surface area contributed by atoms with Crippen LogP contribution in [-0.2, 0) is 12.8 Å². The van der Waals surface area contributed by atoms with Crippen molar-refractivity contribution in [3.05, 3.63) is 72.7 Å². The third-order valence-electron chi connectivity index (χ3n) is 4.67. The molecule has 1 N–H and O–H groups in total. The fourth-order valence-corrected chi connectivity index (χ4v) is 4.30. The maximum absolute atomic E-state index is 11.0. The van der Waals surface area contributed by atoms with Crippen molar-refractivity contribution in [3.63, 3.8) is 0 Å². The maximum atomic E-state index is 11.0. The molecule has 2 aliphatic carbocycles. The maximum Gasteiger partial charge on any atom is 0.248 e. The lowest BCUT2D eigenvalue weighted by Gasteiger charge is -2.20. The van der Waals surface area contributed by atoms with Gasteiger partial charge >= 0.3 is 0 Å². The molecule has 0 aliphatic heterocycles. The zero-order chi connectivity index (χ0) is 18.5. The first-order valence-electron chi connectivity index (χ1n) is 8.64. The highest BCUT2D eigenvalue weighted by Crippen LogP contribution is 2.33. The third kappa shape index (κ3) is 4.47. The average molecular weight is 437 g/mol. The van der Waals surface area contributed by atoms with Gasteiger partial charge in [-0.2, -0.15) is 0 Å². The van der Waals surface area contributed by atoms with Crippen LogP contribution in [0.3, 0.4) is 0 Å². The Labute approximate surface area is 164 Å². The SMILES string of the molecule is O=c1ccc2c([nH]1)C(Br)CCC2.[N-]=[N+]=NC1CCCc2ccc(Cl)nc21. The minimum atomic E-state index is -0.137. The van der Waals surface area contributed by atoms with Crippen molar-refractivity contribution >= 4 is 27.5 Å². The Hall–Kier alpha value is -1.82. The van der Waals surface area contributed by atoms with Gasteiger partial charge in [-0.05, 0) is 61.2 Å². The summed E-state index contributed by atoms with van der Waals surface area (Å²) in [5, 5.41) is 4.19. The molecule has 2 aliphatic rings. The van der Waals surface area contributed by atoms with Crippen molar-refractivity contribution < 1.29 is 0 Å². The molecule has 2 heterocycles. The molecule has 0 saturated carbocycles. The van der Waals surface area contributed by atoms with Crippen LogP contribution in [0.2, 0.25) is 5.15 Å². The summed E-state index contributed by atoms with van der Waals surface area (Å²) >= 11 is 9.35. The van der Waals surface area contributed by atoms with Crippen LogP contribution in [0.5, 0.6) is 0 Å². The summed E-state index contributed by atoms with van der Waals surface area (Å²) in [6, 6.07) is 7.14. The molecule has 0 saturated heterocycles. The van der Waals surface area contributed by atoms with E-state index in [0.717, 1.165) is 49.1 Å². The second kappa shape index (κ2) is 8.71. The first kappa shape index (κ1) is 19.0. The lowest BCUT2D eigenvalue weighted by molar-refractivity contribution is 0.552. The fraction of sp³-hybridized carbons (Fsp3) is 0.444. The number of nitrogens with one attached hydrogen (secondary N) is 1. The van der Waals surface area contributed by atoms with Gasteiger partial charge in [0.25, 0.3) is 0 Å². The lowest BCUT2D eigenvalue weighted by atomic mass is 9.92. The van der Waals surface area contributed by atoms with E-state index in [9.17, 15) is 4.79 Å². The highest BCUT2D eigenvalue weighted by atomic mass is 79.9. The van der Waals surface area contributed by atoms with Crippen LogP contribution in [0, 0.1) is 0 Å². The van der Waals surface area contributed by atoms with Crippen LogP contribution < -0.4 is 5.56 Å². The largest absolute Gasteiger partial charge is 0.325 e. The Kier molecular flexibility index (Phi) is 6.35. The number of aromatic nitrogens is 2. The van der Waals surface area contributed by atoms with Crippen LogP contribution in [0.15, 0.2) is 34.2 Å². The predicted octanol–water partition coefficient (Wildman–Crippen LogP) is 5.57. The number of halogens is 2. The molecular weight excluding hydrogens is 418 g/mol. The van der Waals surface area contributed by atoms with E-state index in [2.05, 4.69) is 35.9 Å². The molecule has 0 amide bonds. The van der Waals surface area contributed by atoms with E-state index < -0.39 is 0 Å². The number of aryl methyl sites for hydroxylation is 2. The van der Waals surface area contributed by atoms with Crippen molar-refractivity contribution in [2.45, 2.75) is 49.4 Å². The normalized spacial score (nSPS) is 20.7. The van der Waals surface area contributed by atoms with Gasteiger partial charge in [0.05, 0.1) is 16.6 Å².